The first-order valence-corrected chi connectivity index (χ1v) is 11.5. The number of amides is 2. The summed E-state index contributed by atoms with van der Waals surface area (Å²) in [6, 6.07) is 13.7. The number of rotatable bonds is 3. The number of benzene rings is 3. The van der Waals surface area contributed by atoms with E-state index < -0.39 is 47.7 Å². The molecule has 1 N–H and O–H groups in total. The second-order valence-electron chi connectivity index (χ2n) is 9.67. The Balaban J connectivity index is 1.81. The van der Waals surface area contributed by atoms with Crippen LogP contribution in [-0.2, 0) is 22.3 Å². The molecule has 1 heterocycles. The van der Waals surface area contributed by atoms with Crippen LogP contribution in [-0.4, -0.2) is 30.3 Å². The molecule has 3 aromatic rings. The number of para-hydroxylation sites is 1. The van der Waals surface area contributed by atoms with Crippen molar-refractivity contribution in [1.82, 2.24) is 5.32 Å². The summed E-state index contributed by atoms with van der Waals surface area (Å²) in [6.07, 6.45) is -5.57. The van der Waals surface area contributed by atoms with Crippen LogP contribution in [0.1, 0.15) is 37.5 Å². The Kier molecular flexibility index (Phi) is 6.60. The highest BCUT2D eigenvalue weighted by molar-refractivity contribution is 6.01. The van der Waals surface area contributed by atoms with Crippen LogP contribution in [0.4, 0.5) is 23.7 Å². The Morgan fingerprint density at radius 1 is 1.08 bits per heavy atom. The highest BCUT2D eigenvalue weighted by Crippen LogP contribution is 2.44. The largest absolute Gasteiger partial charge is 0.488 e. The minimum Gasteiger partial charge on any atom is -0.488 e. The second-order valence-corrected chi connectivity index (χ2v) is 9.67. The zero-order chi connectivity index (χ0) is 26.3. The summed E-state index contributed by atoms with van der Waals surface area (Å²) >= 11 is 0. The van der Waals surface area contributed by atoms with Crippen LogP contribution in [0.3, 0.4) is 0 Å². The number of alkyl halides is 3. The Labute approximate surface area is 207 Å². The Morgan fingerprint density at radius 2 is 1.81 bits per heavy atom. The minimum atomic E-state index is -4.70. The maximum Gasteiger partial charge on any atom is 0.420 e. The van der Waals surface area contributed by atoms with Crippen molar-refractivity contribution in [3.8, 4) is 5.75 Å². The van der Waals surface area contributed by atoms with E-state index in [-0.39, 0.29) is 12.2 Å². The first kappa shape index (κ1) is 25.3. The first-order chi connectivity index (χ1) is 16.8. The number of halogens is 3. The zero-order valence-corrected chi connectivity index (χ0v) is 20.4. The number of anilines is 1. The van der Waals surface area contributed by atoms with Crippen LogP contribution in [0, 0.1) is 6.92 Å². The molecular weight excluding hydrogens is 473 g/mol. The van der Waals surface area contributed by atoms with E-state index in [2.05, 4.69) is 5.32 Å². The first-order valence-electron chi connectivity index (χ1n) is 11.5. The van der Waals surface area contributed by atoms with Crippen LogP contribution >= 0.6 is 0 Å². The smallest absolute Gasteiger partial charge is 0.420 e. The van der Waals surface area contributed by atoms with E-state index in [0.29, 0.717) is 0 Å². The van der Waals surface area contributed by atoms with Gasteiger partial charge < -0.3 is 19.7 Å². The summed E-state index contributed by atoms with van der Waals surface area (Å²) in [5.74, 6) is -1.06. The van der Waals surface area contributed by atoms with Crippen molar-refractivity contribution in [2.75, 3.05) is 11.5 Å². The normalized spacial score (nSPS) is 16.2. The van der Waals surface area contributed by atoms with Crippen molar-refractivity contribution in [3.63, 3.8) is 0 Å². The van der Waals surface area contributed by atoms with E-state index in [4.69, 9.17) is 9.47 Å². The number of nitrogens with one attached hydrogen (secondary N) is 1. The number of fused-ring (bicyclic) bond motifs is 2. The third kappa shape index (κ3) is 5.24. The lowest BCUT2D eigenvalue weighted by Crippen LogP contribution is -2.51. The predicted octanol–water partition coefficient (Wildman–Crippen LogP) is 5.99. The molecule has 0 fully saturated rings. The van der Waals surface area contributed by atoms with Gasteiger partial charge in [-0.3, -0.25) is 4.79 Å². The van der Waals surface area contributed by atoms with Crippen molar-refractivity contribution in [3.05, 3.63) is 71.3 Å². The molecule has 1 unspecified atom stereocenters. The van der Waals surface area contributed by atoms with E-state index in [1.165, 1.54) is 17.0 Å². The third-order valence-electron chi connectivity index (χ3n) is 5.83. The molecular formula is C27H27F3N2O4. The molecule has 0 aliphatic carbocycles. The molecule has 0 radical (unpaired) electrons. The Bertz CT molecular complexity index is 1310. The van der Waals surface area contributed by atoms with E-state index in [9.17, 15) is 22.8 Å². The van der Waals surface area contributed by atoms with E-state index >= 15 is 0 Å². The second kappa shape index (κ2) is 9.37. The third-order valence-corrected chi connectivity index (χ3v) is 5.83. The number of carbonyl (C=O) groups is 2. The number of aryl methyl sites for hydroxylation is 1. The lowest BCUT2D eigenvalue weighted by molar-refractivity contribution is -0.138. The maximum absolute atomic E-state index is 13.9. The van der Waals surface area contributed by atoms with Gasteiger partial charge in [-0.25, -0.2) is 4.79 Å². The average Bonchev–Trinajstić information content (AvgIpc) is 2.91. The van der Waals surface area contributed by atoms with Gasteiger partial charge in [0.15, 0.2) is 5.75 Å². The van der Waals surface area contributed by atoms with Crippen LogP contribution < -0.4 is 15.0 Å². The average molecular weight is 501 g/mol. The maximum atomic E-state index is 13.9. The predicted molar refractivity (Wildman–Crippen MR) is 130 cm³/mol. The molecule has 1 atom stereocenters. The van der Waals surface area contributed by atoms with Gasteiger partial charge in [-0.05, 0) is 61.7 Å². The van der Waals surface area contributed by atoms with Gasteiger partial charge >= 0.3 is 12.3 Å². The zero-order valence-electron chi connectivity index (χ0n) is 20.4. The van der Waals surface area contributed by atoms with Gasteiger partial charge in [-0.1, -0.05) is 42.5 Å². The molecule has 6 nitrogen and oxygen atoms in total. The number of ether oxygens (including phenoxy) is 2. The molecule has 0 spiro atoms. The molecule has 0 saturated heterocycles. The molecule has 0 bridgehead atoms. The van der Waals surface area contributed by atoms with Crippen molar-refractivity contribution in [1.29, 1.82) is 0 Å². The summed E-state index contributed by atoms with van der Waals surface area (Å²) in [4.78, 5) is 27.4. The van der Waals surface area contributed by atoms with Crippen LogP contribution in [0.15, 0.2) is 54.6 Å². The fourth-order valence-electron chi connectivity index (χ4n) is 4.19. The van der Waals surface area contributed by atoms with Gasteiger partial charge in [0.25, 0.3) is 5.91 Å². The molecule has 2 amide bonds. The lowest BCUT2D eigenvalue weighted by Gasteiger charge is -2.27. The molecule has 36 heavy (non-hydrogen) atoms. The quantitative estimate of drug-likeness (QED) is 0.480. The highest BCUT2D eigenvalue weighted by Gasteiger charge is 2.40. The molecule has 4 rings (SSSR count). The molecule has 190 valence electrons. The topological polar surface area (TPSA) is 67.9 Å². The van der Waals surface area contributed by atoms with Gasteiger partial charge in [-0.15, -0.1) is 0 Å². The van der Waals surface area contributed by atoms with E-state index in [1.54, 1.807) is 20.8 Å². The van der Waals surface area contributed by atoms with Gasteiger partial charge in [-0.2, -0.15) is 13.2 Å². The van der Waals surface area contributed by atoms with Crippen LogP contribution in [0.25, 0.3) is 10.8 Å². The summed E-state index contributed by atoms with van der Waals surface area (Å²) in [5, 5.41) is 4.28. The number of carbonyl (C=O) groups excluding carboxylic acids is 2. The van der Waals surface area contributed by atoms with Gasteiger partial charge in [0.2, 0.25) is 0 Å². The monoisotopic (exact) mass is 500 g/mol. The standard InChI is InChI=1S/C27H27F3N2O4/c1-16-12-13-17-8-5-6-9-18(17)19(16)14-32-22-11-7-10-20(27(28,29)30)23(22)35-15-21(24(32)33)31-25(34)36-26(2,3)4/h5-13,21H,14-15H2,1-4H3,(H,31,34). The number of hydrogen-bond donors (Lipinski definition) is 1. The van der Waals surface area contributed by atoms with Crippen LogP contribution in [0.5, 0.6) is 5.75 Å². The molecule has 0 aromatic heterocycles. The van der Waals surface area contributed by atoms with E-state index in [1.807, 2.05) is 43.3 Å². The Hall–Kier alpha value is -3.75. The fraction of sp³-hybridized carbons (Fsp3) is 0.333. The fourth-order valence-corrected chi connectivity index (χ4v) is 4.19. The van der Waals surface area contributed by atoms with Gasteiger partial charge in [0, 0.05) is 0 Å². The lowest BCUT2D eigenvalue weighted by atomic mass is 9.98. The molecule has 9 heteroatoms. The van der Waals surface area contributed by atoms with Gasteiger partial charge in [0.05, 0.1) is 17.8 Å². The summed E-state index contributed by atoms with van der Waals surface area (Å²) < 4.78 is 52.4. The number of hydrogen-bond acceptors (Lipinski definition) is 4. The summed E-state index contributed by atoms with van der Waals surface area (Å²) in [5.41, 5.74) is -0.189. The van der Waals surface area contributed by atoms with Crippen LogP contribution in [0.2, 0.25) is 0 Å². The number of alkyl carbamates (subject to hydrolysis) is 1. The number of nitrogens with zero attached hydrogens (tertiary/aromatic N) is 1. The molecule has 3 aromatic carbocycles. The van der Waals surface area contributed by atoms with Crippen molar-refractivity contribution < 1.29 is 32.2 Å². The minimum absolute atomic E-state index is 0.0177. The Morgan fingerprint density at radius 3 is 2.50 bits per heavy atom. The van der Waals surface area contributed by atoms with E-state index in [0.717, 1.165) is 28.0 Å². The SMILES string of the molecule is Cc1ccc2ccccc2c1CN1C(=O)C(NC(=O)OC(C)(C)C)COc2c1cccc2C(F)(F)F. The molecule has 0 saturated carbocycles. The molecule has 1 aliphatic rings. The summed E-state index contributed by atoms with van der Waals surface area (Å²) in [7, 11) is 0. The summed E-state index contributed by atoms with van der Waals surface area (Å²) in [6.45, 7) is 6.38. The van der Waals surface area contributed by atoms with Crippen molar-refractivity contribution >= 4 is 28.5 Å². The molecule has 1 aliphatic heterocycles. The van der Waals surface area contributed by atoms with Crippen molar-refractivity contribution in [2.24, 2.45) is 0 Å². The van der Waals surface area contributed by atoms with Gasteiger partial charge in [0.1, 0.15) is 18.2 Å². The highest BCUT2D eigenvalue weighted by atomic mass is 19.4. The van der Waals surface area contributed by atoms with Crippen molar-refractivity contribution in [2.45, 2.75) is 52.1 Å².